The van der Waals surface area contributed by atoms with E-state index in [9.17, 15) is 14.4 Å². The van der Waals surface area contributed by atoms with Crippen LogP contribution in [0.15, 0.2) is 30.3 Å². The Kier molecular flexibility index (Phi) is 9.13. The van der Waals surface area contributed by atoms with Crippen molar-refractivity contribution in [3.8, 4) is 0 Å². The van der Waals surface area contributed by atoms with Gasteiger partial charge in [-0.1, -0.05) is 43.4 Å². The molecule has 0 bridgehead atoms. The summed E-state index contributed by atoms with van der Waals surface area (Å²) < 4.78 is 12.5. The summed E-state index contributed by atoms with van der Waals surface area (Å²) in [6, 6.07) is 8.27. The topological polar surface area (TPSA) is 105 Å². The molecule has 0 aromatic heterocycles. The van der Waals surface area contributed by atoms with E-state index in [0.717, 1.165) is 5.56 Å². The van der Waals surface area contributed by atoms with Crippen LogP contribution in [0.4, 0.5) is 4.79 Å². The standard InChI is InChI=1S/C19H30N2O6Si/c1-19(2,3)27-13-15(17(24)20-11-16(22)23)21(28(4)5)18(25)26-12-14-9-7-6-8-10-14/h6-10,15,28H,11-13H2,1-5H3,(H,20,24)(H,22,23)/t15-/m0/s1. The van der Waals surface area contributed by atoms with Crippen LogP contribution < -0.4 is 5.32 Å². The summed E-state index contributed by atoms with van der Waals surface area (Å²) >= 11 is 0. The summed E-state index contributed by atoms with van der Waals surface area (Å²) in [4.78, 5) is 36.2. The Morgan fingerprint density at radius 3 is 2.29 bits per heavy atom. The third-order valence-electron chi connectivity index (χ3n) is 3.70. The molecule has 0 heterocycles. The van der Waals surface area contributed by atoms with Gasteiger partial charge in [0.25, 0.3) is 0 Å². The molecule has 0 spiro atoms. The van der Waals surface area contributed by atoms with Crippen LogP contribution in [0.3, 0.4) is 0 Å². The molecular weight excluding hydrogens is 380 g/mol. The van der Waals surface area contributed by atoms with Gasteiger partial charge in [0.1, 0.15) is 28.2 Å². The van der Waals surface area contributed by atoms with Crippen LogP contribution in [-0.4, -0.2) is 61.4 Å². The number of hydrogen-bond acceptors (Lipinski definition) is 5. The van der Waals surface area contributed by atoms with Crippen molar-refractivity contribution in [3.63, 3.8) is 0 Å². The van der Waals surface area contributed by atoms with Crippen LogP contribution in [0.2, 0.25) is 13.1 Å². The van der Waals surface area contributed by atoms with Gasteiger partial charge < -0.3 is 24.5 Å². The van der Waals surface area contributed by atoms with Gasteiger partial charge in [0.2, 0.25) is 5.91 Å². The molecule has 1 rings (SSSR count). The van der Waals surface area contributed by atoms with E-state index in [1.807, 2.05) is 64.2 Å². The maximum absolute atomic E-state index is 12.8. The fourth-order valence-corrected chi connectivity index (χ4v) is 3.82. The first-order chi connectivity index (χ1) is 13.0. The molecule has 156 valence electrons. The lowest BCUT2D eigenvalue weighted by molar-refractivity contribution is -0.139. The van der Waals surface area contributed by atoms with Crippen molar-refractivity contribution in [1.29, 1.82) is 0 Å². The van der Waals surface area contributed by atoms with Crippen molar-refractivity contribution in [2.24, 2.45) is 0 Å². The highest BCUT2D eigenvalue weighted by molar-refractivity contribution is 6.55. The summed E-state index contributed by atoms with van der Waals surface area (Å²) in [5, 5.41) is 11.2. The van der Waals surface area contributed by atoms with Gasteiger partial charge in [-0.05, 0) is 26.3 Å². The smallest absolute Gasteiger partial charge is 0.402 e. The highest BCUT2D eigenvalue weighted by Crippen LogP contribution is 2.14. The van der Waals surface area contributed by atoms with Crippen molar-refractivity contribution in [1.82, 2.24) is 9.88 Å². The minimum absolute atomic E-state index is 0.0550. The zero-order valence-corrected chi connectivity index (χ0v) is 18.3. The molecule has 8 nitrogen and oxygen atoms in total. The number of benzene rings is 1. The molecule has 0 saturated heterocycles. The first-order valence-electron chi connectivity index (χ1n) is 9.13. The predicted octanol–water partition coefficient (Wildman–Crippen LogP) is 1.99. The fraction of sp³-hybridized carbons (Fsp3) is 0.526. The van der Waals surface area contributed by atoms with Crippen LogP contribution in [0.5, 0.6) is 0 Å². The van der Waals surface area contributed by atoms with Gasteiger partial charge in [-0.25, -0.2) is 4.79 Å². The van der Waals surface area contributed by atoms with Gasteiger partial charge in [0, 0.05) is 0 Å². The highest BCUT2D eigenvalue weighted by atomic mass is 28.3. The highest BCUT2D eigenvalue weighted by Gasteiger charge is 2.34. The van der Waals surface area contributed by atoms with E-state index in [-0.39, 0.29) is 13.2 Å². The Morgan fingerprint density at radius 2 is 1.79 bits per heavy atom. The Hall–Kier alpha value is -2.39. The molecule has 1 aromatic carbocycles. The van der Waals surface area contributed by atoms with E-state index < -0.39 is 45.1 Å². The molecule has 0 saturated carbocycles. The zero-order valence-electron chi connectivity index (χ0n) is 17.1. The van der Waals surface area contributed by atoms with Gasteiger partial charge in [-0.15, -0.1) is 0 Å². The molecule has 0 unspecified atom stereocenters. The number of carboxylic acids is 1. The van der Waals surface area contributed by atoms with E-state index >= 15 is 0 Å². The molecule has 1 aromatic rings. The summed E-state index contributed by atoms with van der Waals surface area (Å²) in [7, 11) is -1.85. The molecule has 0 fully saturated rings. The minimum atomic E-state index is -1.85. The third kappa shape index (κ3) is 8.53. The summed E-state index contributed by atoms with van der Waals surface area (Å²) in [5.41, 5.74) is 0.308. The van der Waals surface area contributed by atoms with E-state index in [1.165, 1.54) is 4.57 Å². The third-order valence-corrected chi connectivity index (χ3v) is 5.38. The molecule has 0 aliphatic rings. The molecule has 28 heavy (non-hydrogen) atoms. The molecule has 0 aliphatic carbocycles. The number of nitrogens with zero attached hydrogens (tertiary/aromatic N) is 1. The SMILES string of the molecule is C[SiH](C)N(C(=O)OCc1ccccc1)[C@@H](COC(C)(C)C)C(=O)NCC(=O)O. The van der Waals surface area contributed by atoms with Crippen LogP contribution in [-0.2, 0) is 25.7 Å². The lowest BCUT2D eigenvalue weighted by Crippen LogP contribution is -2.57. The van der Waals surface area contributed by atoms with Gasteiger partial charge in [0.05, 0.1) is 12.2 Å². The summed E-state index contributed by atoms with van der Waals surface area (Å²) in [5.74, 6) is -1.74. The second-order valence-corrected chi connectivity index (χ2v) is 10.3. The largest absolute Gasteiger partial charge is 0.480 e. The van der Waals surface area contributed by atoms with Crippen molar-refractivity contribution in [2.45, 2.75) is 52.1 Å². The summed E-state index contributed by atoms with van der Waals surface area (Å²) in [6.07, 6.45) is -0.612. The average Bonchev–Trinajstić information content (AvgIpc) is 2.60. The van der Waals surface area contributed by atoms with Gasteiger partial charge in [-0.2, -0.15) is 0 Å². The number of nitrogens with one attached hydrogen (secondary N) is 1. The maximum Gasteiger partial charge on any atom is 0.402 e. The molecular formula is C19H30N2O6Si. The molecule has 1 atom stereocenters. The van der Waals surface area contributed by atoms with E-state index in [2.05, 4.69) is 5.32 Å². The van der Waals surface area contributed by atoms with Gasteiger partial charge in [-0.3, -0.25) is 9.59 Å². The van der Waals surface area contributed by atoms with Crippen molar-refractivity contribution < 1.29 is 29.0 Å². The van der Waals surface area contributed by atoms with Gasteiger partial charge >= 0.3 is 12.1 Å². The number of carbonyl (C=O) groups is 3. The van der Waals surface area contributed by atoms with E-state index in [4.69, 9.17) is 14.6 Å². The number of carbonyl (C=O) groups excluding carboxylic acids is 2. The van der Waals surface area contributed by atoms with E-state index in [0.29, 0.717) is 0 Å². The Labute approximate surface area is 167 Å². The predicted molar refractivity (Wildman–Crippen MR) is 107 cm³/mol. The first kappa shape index (κ1) is 23.6. The fourth-order valence-electron chi connectivity index (χ4n) is 2.38. The normalized spacial score (nSPS) is 12.4. The van der Waals surface area contributed by atoms with Crippen molar-refractivity contribution in [2.75, 3.05) is 13.2 Å². The Balaban J connectivity index is 2.95. The number of hydrogen-bond donors (Lipinski definition) is 2. The Morgan fingerprint density at radius 1 is 1.18 bits per heavy atom. The Bertz CT molecular complexity index is 660. The number of aliphatic carboxylic acids is 1. The number of rotatable bonds is 9. The van der Waals surface area contributed by atoms with Crippen LogP contribution in [0, 0.1) is 0 Å². The average molecular weight is 411 g/mol. The van der Waals surface area contributed by atoms with Crippen LogP contribution >= 0.6 is 0 Å². The molecule has 0 aliphatic heterocycles. The number of carboxylic acid groups (broad SMARTS) is 1. The second-order valence-electron chi connectivity index (χ2n) is 7.59. The second kappa shape index (κ2) is 10.8. The lowest BCUT2D eigenvalue weighted by Gasteiger charge is -2.34. The quantitative estimate of drug-likeness (QED) is 0.603. The molecule has 2 N–H and O–H groups in total. The molecule has 2 amide bonds. The zero-order chi connectivity index (χ0) is 21.3. The minimum Gasteiger partial charge on any atom is -0.480 e. The maximum atomic E-state index is 12.8. The molecule has 0 radical (unpaired) electrons. The molecule has 9 heteroatoms. The first-order valence-corrected chi connectivity index (χ1v) is 12.0. The number of ether oxygens (including phenoxy) is 2. The van der Waals surface area contributed by atoms with Crippen LogP contribution in [0.1, 0.15) is 26.3 Å². The van der Waals surface area contributed by atoms with Crippen molar-refractivity contribution >= 4 is 26.9 Å². The van der Waals surface area contributed by atoms with Crippen LogP contribution in [0.25, 0.3) is 0 Å². The summed E-state index contributed by atoms with van der Waals surface area (Å²) in [6.45, 7) is 8.79. The van der Waals surface area contributed by atoms with Crippen molar-refractivity contribution in [3.05, 3.63) is 35.9 Å². The monoisotopic (exact) mass is 410 g/mol. The van der Waals surface area contributed by atoms with E-state index in [1.54, 1.807) is 0 Å². The number of amides is 2. The lowest BCUT2D eigenvalue weighted by atomic mass is 10.2. The van der Waals surface area contributed by atoms with Gasteiger partial charge in [0.15, 0.2) is 0 Å².